The van der Waals surface area contributed by atoms with Crippen LogP contribution in [0.2, 0.25) is 0 Å². The molecule has 1 aliphatic rings. The SMILES string of the molecule is Cn1c(SC(C(=O)NC2CC2)c2ccccc2)nnc1-c1ccc(C(C)(C)C)cc1. The highest BCUT2D eigenvalue weighted by Gasteiger charge is 2.30. The maximum Gasteiger partial charge on any atom is 0.238 e. The number of hydrogen-bond donors (Lipinski definition) is 1. The van der Waals surface area contributed by atoms with Crippen LogP contribution in [0.15, 0.2) is 59.8 Å². The molecule has 6 heteroatoms. The Morgan fingerprint density at radius 2 is 1.73 bits per heavy atom. The van der Waals surface area contributed by atoms with Crippen molar-refractivity contribution >= 4 is 17.7 Å². The monoisotopic (exact) mass is 420 g/mol. The quantitative estimate of drug-likeness (QED) is 0.577. The summed E-state index contributed by atoms with van der Waals surface area (Å²) in [6.45, 7) is 6.61. The average Bonchev–Trinajstić information content (AvgIpc) is 3.47. The number of nitrogens with one attached hydrogen (secondary N) is 1. The molecule has 156 valence electrons. The van der Waals surface area contributed by atoms with Gasteiger partial charge in [0.25, 0.3) is 0 Å². The Labute approximate surface area is 182 Å². The van der Waals surface area contributed by atoms with Gasteiger partial charge in [-0.2, -0.15) is 0 Å². The number of hydrogen-bond acceptors (Lipinski definition) is 4. The number of amides is 1. The van der Waals surface area contributed by atoms with Gasteiger partial charge in [0, 0.05) is 18.7 Å². The van der Waals surface area contributed by atoms with Crippen LogP contribution in [-0.2, 0) is 17.3 Å². The fraction of sp³-hybridized carbons (Fsp3) is 0.375. The molecule has 1 amide bonds. The Bertz CT molecular complexity index is 1020. The smallest absolute Gasteiger partial charge is 0.238 e. The molecule has 4 rings (SSSR count). The van der Waals surface area contributed by atoms with Crippen LogP contribution in [0.1, 0.15) is 50.0 Å². The van der Waals surface area contributed by atoms with Gasteiger partial charge in [0.1, 0.15) is 5.25 Å². The van der Waals surface area contributed by atoms with Crippen LogP contribution in [0.3, 0.4) is 0 Å². The van der Waals surface area contributed by atoms with Crippen molar-refractivity contribution in [2.24, 2.45) is 7.05 Å². The first kappa shape index (κ1) is 20.7. The molecule has 1 fully saturated rings. The molecular weight excluding hydrogens is 392 g/mol. The molecule has 1 N–H and O–H groups in total. The van der Waals surface area contributed by atoms with E-state index in [2.05, 4.69) is 60.6 Å². The standard InChI is InChI=1S/C24H28N4OS/c1-24(2,3)18-12-10-17(11-13-18)21-26-27-23(28(21)4)30-20(16-8-6-5-7-9-16)22(29)25-19-14-15-19/h5-13,19-20H,14-15H2,1-4H3,(H,25,29). The van der Waals surface area contributed by atoms with Gasteiger partial charge in [0.2, 0.25) is 5.91 Å². The predicted octanol–water partition coefficient (Wildman–Crippen LogP) is 4.89. The fourth-order valence-electron chi connectivity index (χ4n) is 3.30. The van der Waals surface area contributed by atoms with Crippen molar-refractivity contribution in [3.63, 3.8) is 0 Å². The third-order valence-electron chi connectivity index (χ3n) is 5.33. The summed E-state index contributed by atoms with van der Waals surface area (Å²) in [5, 5.41) is 12.3. The largest absolute Gasteiger partial charge is 0.352 e. The highest BCUT2D eigenvalue weighted by molar-refractivity contribution is 8.00. The second-order valence-electron chi connectivity index (χ2n) is 8.88. The lowest BCUT2D eigenvalue weighted by Gasteiger charge is -2.19. The number of aromatic nitrogens is 3. The Kier molecular flexibility index (Phi) is 5.69. The molecule has 1 aromatic heterocycles. The number of rotatable bonds is 6. The van der Waals surface area contributed by atoms with Gasteiger partial charge in [-0.3, -0.25) is 4.79 Å². The Balaban J connectivity index is 1.59. The number of thioether (sulfide) groups is 1. The lowest BCUT2D eigenvalue weighted by Crippen LogP contribution is -2.29. The maximum absolute atomic E-state index is 12.9. The van der Waals surface area contributed by atoms with Crippen LogP contribution < -0.4 is 5.32 Å². The third-order valence-corrected chi connectivity index (χ3v) is 6.62. The van der Waals surface area contributed by atoms with E-state index in [9.17, 15) is 4.79 Å². The first-order valence-corrected chi connectivity index (χ1v) is 11.2. The van der Waals surface area contributed by atoms with Crippen molar-refractivity contribution < 1.29 is 4.79 Å². The molecule has 0 saturated heterocycles. The Morgan fingerprint density at radius 3 is 2.33 bits per heavy atom. The average molecular weight is 421 g/mol. The topological polar surface area (TPSA) is 59.8 Å². The molecule has 0 bridgehead atoms. The van der Waals surface area contributed by atoms with Gasteiger partial charge in [-0.25, -0.2) is 0 Å². The summed E-state index contributed by atoms with van der Waals surface area (Å²) in [5.74, 6) is 0.833. The summed E-state index contributed by atoms with van der Waals surface area (Å²) >= 11 is 1.45. The molecule has 1 atom stereocenters. The van der Waals surface area contributed by atoms with E-state index in [4.69, 9.17) is 0 Å². The first-order chi connectivity index (χ1) is 14.3. The molecule has 1 unspecified atom stereocenters. The summed E-state index contributed by atoms with van der Waals surface area (Å²) in [6.07, 6.45) is 2.13. The number of carbonyl (C=O) groups excluding carboxylic acids is 1. The second kappa shape index (κ2) is 8.26. The molecule has 1 heterocycles. The summed E-state index contributed by atoms with van der Waals surface area (Å²) in [6, 6.07) is 18.7. The van der Waals surface area contributed by atoms with E-state index in [1.54, 1.807) is 0 Å². The van der Waals surface area contributed by atoms with E-state index in [0.29, 0.717) is 6.04 Å². The minimum atomic E-state index is -0.356. The van der Waals surface area contributed by atoms with Crippen molar-refractivity contribution in [2.75, 3.05) is 0 Å². The van der Waals surface area contributed by atoms with Gasteiger partial charge in [-0.05, 0) is 29.4 Å². The molecule has 1 saturated carbocycles. The van der Waals surface area contributed by atoms with E-state index in [-0.39, 0.29) is 16.6 Å². The summed E-state index contributed by atoms with van der Waals surface area (Å²) < 4.78 is 1.97. The number of benzene rings is 2. The van der Waals surface area contributed by atoms with Crippen molar-refractivity contribution in [3.8, 4) is 11.4 Å². The van der Waals surface area contributed by atoms with Gasteiger partial charge in [-0.1, -0.05) is 87.1 Å². The van der Waals surface area contributed by atoms with Crippen LogP contribution in [0.5, 0.6) is 0 Å². The van der Waals surface area contributed by atoms with Gasteiger partial charge in [0.05, 0.1) is 0 Å². The zero-order valence-corrected chi connectivity index (χ0v) is 18.7. The fourth-order valence-corrected chi connectivity index (χ4v) is 4.31. The highest BCUT2D eigenvalue weighted by atomic mass is 32.2. The normalized spacial score (nSPS) is 15.1. The lowest BCUT2D eigenvalue weighted by molar-refractivity contribution is -0.120. The molecule has 5 nitrogen and oxygen atoms in total. The number of nitrogens with zero attached hydrogens (tertiary/aromatic N) is 3. The molecule has 0 aliphatic heterocycles. The molecule has 30 heavy (non-hydrogen) atoms. The molecule has 1 aliphatic carbocycles. The van der Waals surface area contributed by atoms with E-state index in [0.717, 1.165) is 34.9 Å². The third kappa shape index (κ3) is 4.59. The van der Waals surface area contributed by atoms with Crippen LogP contribution in [0.25, 0.3) is 11.4 Å². The summed E-state index contributed by atoms with van der Waals surface area (Å²) in [4.78, 5) is 12.9. The summed E-state index contributed by atoms with van der Waals surface area (Å²) in [5.41, 5.74) is 3.38. The van der Waals surface area contributed by atoms with Crippen LogP contribution >= 0.6 is 11.8 Å². The lowest BCUT2D eigenvalue weighted by atomic mass is 9.87. The van der Waals surface area contributed by atoms with Crippen LogP contribution in [-0.4, -0.2) is 26.7 Å². The highest BCUT2D eigenvalue weighted by Crippen LogP contribution is 2.36. The minimum absolute atomic E-state index is 0.0350. The van der Waals surface area contributed by atoms with E-state index in [1.165, 1.54) is 17.3 Å². The Hall–Kier alpha value is -2.60. The molecule has 2 aromatic carbocycles. The molecule has 3 aromatic rings. The van der Waals surface area contributed by atoms with Gasteiger partial charge in [0.15, 0.2) is 11.0 Å². The zero-order valence-electron chi connectivity index (χ0n) is 17.9. The van der Waals surface area contributed by atoms with Crippen molar-refractivity contribution in [3.05, 3.63) is 65.7 Å². The van der Waals surface area contributed by atoms with E-state index < -0.39 is 0 Å². The van der Waals surface area contributed by atoms with E-state index >= 15 is 0 Å². The summed E-state index contributed by atoms with van der Waals surface area (Å²) in [7, 11) is 1.95. The van der Waals surface area contributed by atoms with Gasteiger partial charge >= 0.3 is 0 Å². The Morgan fingerprint density at radius 1 is 1.07 bits per heavy atom. The zero-order chi connectivity index (χ0) is 21.3. The number of carbonyl (C=O) groups is 1. The molecule has 0 spiro atoms. The van der Waals surface area contributed by atoms with Gasteiger partial charge in [-0.15, -0.1) is 10.2 Å². The second-order valence-corrected chi connectivity index (χ2v) is 9.96. The first-order valence-electron chi connectivity index (χ1n) is 10.4. The van der Waals surface area contributed by atoms with Crippen LogP contribution in [0, 0.1) is 0 Å². The van der Waals surface area contributed by atoms with Crippen molar-refractivity contribution in [1.29, 1.82) is 0 Å². The predicted molar refractivity (Wildman–Crippen MR) is 121 cm³/mol. The molecular formula is C24H28N4OS. The van der Waals surface area contributed by atoms with Crippen molar-refractivity contribution in [2.45, 2.75) is 55.5 Å². The van der Waals surface area contributed by atoms with Crippen molar-refractivity contribution in [1.82, 2.24) is 20.1 Å². The molecule has 0 radical (unpaired) electrons. The van der Waals surface area contributed by atoms with E-state index in [1.807, 2.05) is 41.9 Å². The van der Waals surface area contributed by atoms with Crippen LogP contribution in [0.4, 0.5) is 0 Å². The minimum Gasteiger partial charge on any atom is -0.352 e. The van der Waals surface area contributed by atoms with Gasteiger partial charge < -0.3 is 9.88 Å². The maximum atomic E-state index is 12.9.